The molecule has 2 N–H and O–H groups in total. The van der Waals surface area contributed by atoms with Gasteiger partial charge in [0.15, 0.2) is 0 Å². The van der Waals surface area contributed by atoms with Crippen LogP contribution in [-0.4, -0.2) is 9.97 Å². The summed E-state index contributed by atoms with van der Waals surface area (Å²) in [6.07, 6.45) is 1.77. The van der Waals surface area contributed by atoms with E-state index in [-0.39, 0.29) is 0 Å². The van der Waals surface area contributed by atoms with E-state index in [0.29, 0.717) is 5.82 Å². The molecule has 66 valence electrons. The molecule has 0 radical (unpaired) electrons. The number of nitrogen functional groups attached to an aromatic ring is 1. The van der Waals surface area contributed by atoms with E-state index in [1.165, 1.54) is 0 Å². The van der Waals surface area contributed by atoms with Crippen molar-refractivity contribution in [3.05, 3.63) is 29.6 Å². The van der Waals surface area contributed by atoms with Gasteiger partial charge in [0.25, 0.3) is 0 Å². The van der Waals surface area contributed by atoms with Gasteiger partial charge in [0.05, 0.1) is 5.52 Å². The first-order valence-electron chi connectivity index (χ1n) is 4.17. The third-order valence-corrected chi connectivity index (χ3v) is 2.27. The van der Waals surface area contributed by atoms with Crippen molar-refractivity contribution in [1.82, 2.24) is 9.97 Å². The Labute approximate surface area is 76.6 Å². The molecule has 0 amide bonds. The number of hydrogen-bond acceptors (Lipinski definition) is 3. The first-order valence-corrected chi connectivity index (χ1v) is 4.17. The molecule has 0 aliphatic rings. The Hall–Kier alpha value is -1.64. The number of hydrogen-bond donors (Lipinski definition) is 1. The number of rotatable bonds is 0. The molecule has 2 aromatic heterocycles. The molecule has 0 atom stereocenters. The van der Waals surface area contributed by atoms with Gasteiger partial charge in [0.2, 0.25) is 0 Å². The molecule has 3 nitrogen and oxygen atoms in total. The van der Waals surface area contributed by atoms with Crippen molar-refractivity contribution >= 4 is 16.7 Å². The molecule has 0 unspecified atom stereocenters. The molecule has 0 saturated carbocycles. The minimum atomic E-state index is 0.561. The van der Waals surface area contributed by atoms with Gasteiger partial charge >= 0.3 is 0 Å². The first-order chi connectivity index (χ1) is 6.20. The molecule has 2 heterocycles. The maximum Gasteiger partial charge on any atom is 0.133 e. The summed E-state index contributed by atoms with van der Waals surface area (Å²) in [7, 11) is 0. The van der Waals surface area contributed by atoms with Crippen LogP contribution in [0, 0.1) is 13.8 Å². The van der Waals surface area contributed by atoms with E-state index in [2.05, 4.69) is 9.97 Å². The second-order valence-corrected chi connectivity index (χ2v) is 3.11. The zero-order valence-electron chi connectivity index (χ0n) is 7.70. The average molecular weight is 173 g/mol. The van der Waals surface area contributed by atoms with E-state index >= 15 is 0 Å². The normalized spacial score (nSPS) is 10.6. The average Bonchev–Trinajstić information content (AvgIpc) is 2.15. The summed E-state index contributed by atoms with van der Waals surface area (Å²) < 4.78 is 0. The van der Waals surface area contributed by atoms with Crippen molar-refractivity contribution in [2.75, 3.05) is 5.73 Å². The number of anilines is 1. The van der Waals surface area contributed by atoms with Crippen LogP contribution in [0.1, 0.15) is 11.3 Å². The molecule has 0 saturated heterocycles. The topological polar surface area (TPSA) is 51.8 Å². The predicted molar refractivity (Wildman–Crippen MR) is 53.4 cm³/mol. The minimum absolute atomic E-state index is 0.561. The van der Waals surface area contributed by atoms with Crippen molar-refractivity contribution in [3.8, 4) is 0 Å². The van der Waals surface area contributed by atoms with E-state index < -0.39 is 0 Å². The van der Waals surface area contributed by atoms with Gasteiger partial charge in [0, 0.05) is 17.3 Å². The molecule has 13 heavy (non-hydrogen) atoms. The number of fused-ring (bicyclic) bond motifs is 1. The molecule has 0 bridgehead atoms. The Balaban J connectivity index is 2.97. The third kappa shape index (κ3) is 1.13. The summed E-state index contributed by atoms with van der Waals surface area (Å²) in [6, 6.07) is 3.81. The largest absolute Gasteiger partial charge is 0.383 e. The molecule has 0 fully saturated rings. The van der Waals surface area contributed by atoms with Crippen LogP contribution in [0.4, 0.5) is 5.82 Å². The number of nitrogens with two attached hydrogens (primary N) is 1. The first kappa shape index (κ1) is 7.98. The lowest BCUT2D eigenvalue weighted by Gasteiger charge is -2.05. The molecule has 0 spiro atoms. The Morgan fingerprint density at radius 3 is 2.85 bits per heavy atom. The van der Waals surface area contributed by atoms with Crippen molar-refractivity contribution in [1.29, 1.82) is 0 Å². The number of aryl methyl sites for hydroxylation is 2. The van der Waals surface area contributed by atoms with Gasteiger partial charge < -0.3 is 5.73 Å². The van der Waals surface area contributed by atoms with Gasteiger partial charge in [0.1, 0.15) is 5.82 Å². The predicted octanol–water partition coefficient (Wildman–Crippen LogP) is 1.83. The Bertz CT molecular complexity index is 463. The number of nitrogens with zero attached hydrogens (tertiary/aromatic N) is 2. The zero-order chi connectivity index (χ0) is 9.42. The fourth-order valence-electron chi connectivity index (χ4n) is 1.41. The van der Waals surface area contributed by atoms with Gasteiger partial charge in [-0.25, -0.2) is 4.98 Å². The highest BCUT2D eigenvalue weighted by Gasteiger charge is 2.05. The summed E-state index contributed by atoms with van der Waals surface area (Å²) in [5, 5.41) is 0.936. The van der Waals surface area contributed by atoms with Gasteiger partial charge in [-0.3, -0.25) is 4.98 Å². The van der Waals surface area contributed by atoms with Crippen LogP contribution in [0.25, 0.3) is 10.9 Å². The Morgan fingerprint density at radius 2 is 2.08 bits per heavy atom. The third-order valence-electron chi connectivity index (χ3n) is 2.27. The van der Waals surface area contributed by atoms with Crippen LogP contribution in [0.15, 0.2) is 18.3 Å². The highest BCUT2D eigenvalue weighted by atomic mass is 14.9. The van der Waals surface area contributed by atoms with Crippen molar-refractivity contribution in [2.24, 2.45) is 0 Å². The van der Waals surface area contributed by atoms with Gasteiger partial charge in [-0.05, 0) is 31.5 Å². The Kier molecular flexibility index (Phi) is 1.65. The lowest BCUT2D eigenvalue weighted by atomic mass is 10.1. The monoisotopic (exact) mass is 173 g/mol. The number of aromatic nitrogens is 2. The summed E-state index contributed by atoms with van der Waals surface area (Å²) >= 11 is 0. The lowest BCUT2D eigenvalue weighted by Crippen LogP contribution is -1.98. The van der Waals surface area contributed by atoms with Crippen LogP contribution in [0.5, 0.6) is 0 Å². The summed E-state index contributed by atoms with van der Waals surface area (Å²) in [6.45, 7) is 3.96. The quantitative estimate of drug-likeness (QED) is 0.661. The molecule has 3 heteroatoms. The van der Waals surface area contributed by atoms with Crippen LogP contribution in [0.2, 0.25) is 0 Å². The fraction of sp³-hybridized carbons (Fsp3) is 0.200. The van der Waals surface area contributed by atoms with Crippen LogP contribution >= 0.6 is 0 Å². The molecular weight excluding hydrogens is 162 g/mol. The lowest BCUT2D eigenvalue weighted by molar-refractivity contribution is 1.17. The second-order valence-electron chi connectivity index (χ2n) is 3.11. The summed E-state index contributed by atoms with van der Waals surface area (Å²) in [5.74, 6) is 0.561. The maximum atomic E-state index is 5.77. The fourth-order valence-corrected chi connectivity index (χ4v) is 1.41. The standard InChI is InChI=1S/C10H11N3/c1-6-7(2)13-10(11)8-4-3-5-12-9(6)8/h3-5H,1-2H3,(H2,11,13). The van der Waals surface area contributed by atoms with Crippen molar-refractivity contribution in [2.45, 2.75) is 13.8 Å². The van der Waals surface area contributed by atoms with Crippen LogP contribution in [0.3, 0.4) is 0 Å². The molecule has 2 rings (SSSR count). The molecule has 0 aliphatic carbocycles. The van der Waals surface area contributed by atoms with Crippen LogP contribution < -0.4 is 5.73 Å². The second kappa shape index (κ2) is 2.69. The summed E-state index contributed by atoms with van der Waals surface area (Å²) in [5.41, 5.74) is 8.78. The highest BCUT2D eigenvalue weighted by Crippen LogP contribution is 2.21. The van der Waals surface area contributed by atoms with Gasteiger partial charge in [-0.15, -0.1) is 0 Å². The van der Waals surface area contributed by atoms with E-state index in [4.69, 9.17) is 5.73 Å². The van der Waals surface area contributed by atoms with Crippen molar-refractivity contribution < 1.29 is 0 Å². The molecular formula is C10H11N3. The molecule has 0 aliphatic heterocycles. The van der Waals surface area contributed by atoms with Gasteiger partial charge in [-0.2, -0.15) is 0 Å². The minimum Gasteiger partial charge on any atom is -0.383 e. The molecule has 2 aromatic rings. The SMILES string of the molecule is Cc1nc(N)c2cccnc2c1C. The van der Waals surface area contributed by atoms with Gasteiger partial charge in [-0.1, -0.05) is 0 Å². The Morgan fingerprint density at radius 1 is 1.31 bits per heavy atom. The highest BCUT2D eigenvalue weighted by molar-refractivity contribution is 5.90. The van der Waals surface area contributed by atoms with E-state index in [0.717, 1.165) is 22.2 Å². The summed E-state index contributed by atoms with van der Waals surface area (Å²) in [4.78, 5) is 8.52. The van der Waals surface area contributed by atoms with E-state index in [1.54, 1.807) is 6.20 Å². The molecule has 0 aromatic carbocycles. The van der Waals surface area contributed by atoms with E-state index in [9.17, 15) is 0 Å². The maximum absolute atomic E-state index is 5.77. The smallest absolute Gasteiger partial charge is 0.133 e. The van der Waals surface area contributed by atoms with E-state index in [1.807, 2.05) is 26.0 Å². The van der Waals surface area contributed by atoms with Crippen molar-refractivity contribution in [3.63, 3.8) is 0 Å². The van der Waals surface area contributed by atoms with Crippen LogP contribution in [-0.2, 0) is 0 Å². The number of pyridine rings is 2. The zero-order valence-corrected chi connectivity index (χ0v) is 7.70.